The summed E-state index contributed by atoms with van der Waals surface area (Å²) >= 11 is 0. The number of nitrogens with zero attached hydrogens (tertiary/aromatic N) is 2. The highest BCUT2D eigenvalue weighted by Gasteiger charge is 2.25. The molecule has 1 aliphatic rings. The van der Waals surface area contributed by atoms with Crippen molar-refractivity contribution in [2.24, 2.45) is 0 Å². The molecular formula is C18H21N3O3S. The predicted molar refractivity (Wildman–Crippen MR) is 94.3 cm³/mol. The van der Waals surface area contributed by atoms with E-state index in [9.17, 15) is 13.2 Å². The highest BCUT2D eigenvalue weighted by molar-refractivity contribution is 7.89. The minimum Gasteiger partial charge on any atom is -0.342 e. The number of hydrogen-bond donors (Lipinski definition) is 1. The lowest BCUT2D eigenvalue weighted by Gasteiger charge is -2.14. The first kappa shape index (κ1) is 17.6. The van der Waals surface area contributed by atoms with Gasteiger partial charge in [-0.15, -0.1) is 0 Å². The summed E-state index contributed by atoms with van der Waals surface area (Å²) in [6.45, 7) is 3.25. The Morgan fingerprint density at radius 1 is 1.20 bits per heavy atom. The smallest absolute Gasteiger partial charge is 0.240 e. The van der Waals surface area contributed by atoms with Crippen molar-refractivity contribution in [3.8, 4) is 0 Å². The normalized spacial score (nSPS) is 17.6. The first-order chi connectivity index (χ1) is 12.0. The van der Waals surface area contributed by atoms with Crippen LogP contribution in [0.3, 0.4) is 0 Å². The summed E-state index contributed by atoms with van der Waals surface area (Å²) in [5.74, 6) is 0.354. The Hall–Kier alpha value is -2.25. The second-order valence-corrected chi connectivity index (χ2v) is 7.97. The molecule has 1 saturated heterocycles. The fraction of sp³-hybridized carbons (Fsp3) is 0.333. The number of likely N-dealkylation sites (tertiary alicyclic amines) is 1. The maximum atomic E-state index is 12.4. The molecule has 2 heterocycles. The van der Waals surface area contributed by atoms with Crippen LogP contribution in [0.15, 0.2) is 53.7 Å². The molecule has 1 fully saturated rings. The molecule has 7 heteroatoms. The molecule has 3 rings (SSSR count). The third kappa shape index (κ3) is 4.24. The van der Waals surface area contributed by atoms with Crippen LogP contribution in [-0.4, -0.2) is 37.3 Å². The molecule has 25 heavy (non-hydrogen) atoms. The van der Waals surface area contributed by atoms with Crippen LogP contribution in [0.2, 0.25) is 0 Å². The van der Waals surface area contributed by atoms with Gasteiger partial charge in [-0.3, -0.25) is 9.78 Å². The van der Waals surface area contributed by atoms with Crippen LogP contribution >= 0.6 is 0 Å². The summed E-state index contributed by atoms with van der Waals surface area (Å²) in [7, 11) is -3.56. The third-order valence-electron chi connectivity index (χ3n) is 4.51. The summed E-state index contributed by atoms with van der Waals surface area (Å²) < 4.78 is 27.4. The molecule has 1 amide bonds. The summed E-state index contributed by atoms with van der Waals surface area (Å²) in [6.07, 6.45) is 4.17. The summed E-state index contributed by atoms with van der Waals surface area (Å²) in [6, 6.07) is 10.5. The predicted octanol–water partition coefficient (Wildman–Crippen LogP) is 1.90. The zero-order chi connectivity index (χ0) is 17.9. The summed E-state index contributed by atoms with van der Waals surface area (Å²) in [5.41, 5.74) is 1.92. The fourth-order valence-electron chi connectivity index (χ4n) is 3.00. The van der Waals surface area contributed by atoms with E-state index in [1.807, 2.05) is 17.0 Å². The topological polar surface area (TPSA) is 79.4 Å². The SMILES string of the molecule is CC(=O)N1CCC(c2ccc(S(=O)(=O)NCc3ccncc3)cc2)C1. The van der Waals surface area contributed by atoms with Crippen molar-refractivity contribution in [3.63, 3.8) is 0 Å². The Morgan fingerprint density at radius 2 is 1.88 bits per heavy atom. The Morgan fingerprint density at radius 3 is 2.48 bits per heavy atom. The number of aromatic nitrogens is 1. The zero-order valence-corrected chi connectivity index (χ0v) is 14.9. The number of rotatable bonds is 5. The van der Waals surface area contributed by atoms with E-state index >= 15 is 0 Å². The number of carbonyl (C=O) groups excluding carboxylic acids is 1. The lowest BCUT2D eigenvalue weighted by atomic mass is 9.99. The maximum absolute atomic E-state index is 12.4. The van der Waals surface area contributed by atoms with Gasteiger partial charge < -0.3 is 4.90 Å². The van der Waals surface area contributed by atoms with Crippen molar-refractivity contribution in [1.29, 1.82) is 0 Å². The molecule has 1 unspecified atom stereocenters. The van der Waals surface area contributed by atoms with Gasteiger partial charge in [0.2, 0.25) is 15.9 Å². The Kier molecular flexibility index (Phi) is 5.15. The van der Waals surface area contributed by atoms with Gasteiger partial charge in [0, 0.05) is 44.9 Å². The standard InChI is InChI=1S/C18H21N3O3S/c1-14(22)21-11-8-17(13-21)16-2-4-18(5-3-16)25(23,24)20-12-15-6-9-19-10-7-15/h2-7,9-10,17,20H,8,11-13H2,1H3. The summed E-state index contributed by atoms with van der Waals surface area (Å²) in [5, 5.41) is 0. The van der Waals surface area contributed by atoms with E-state index in [2.05, 4.69) is 9.71 Å². The van der Waals surface area contributed by atoms with Gasteiger partial charge in [0.1, 0.15) is 0 Å². The molecule has 1 atom stereocenters. The number of sulfonamides is 1. The number of pyridine rings is 1. The average Bonchev–Trinajstić information content (AvgIpc) is 3.12. The van der Waals surface area contributed by atoms with E-state index in [0.717, 1.165) is 24.1 Å². The van der Waals surface area contributed by atoms with Gasteiger partial charge in [0.25, 0.3) is 0 Å². The third-order valence-corrected chi connectivity index (χ3v) is 5.93. The van der Waals surface area contributed by atoms with Gasteiger partial charge in [0.05, 0.1) is 4.90 Å². The molecule has 0 spiro atoms. The van der Waals surface area contributed by atoms with Crippen molar-refractivity contribution in [1.82, 2.24) is 14.6 Å². The van der Waals surface area contributed by atoms with Crippen LogP contribution in [0.4, 0.5) is 0 Å². The lowest BCUT2D eigenvalue weighted by Crippen LogP contribution is -2.25. The van der Waals surface area contributed by atoms with E-state index in [4.69, 9.17) is 0 Å². The second-order valence-electron chi connectivity index (χ2n) is 6.20. The van der Waals surface area contributed by atoms with Gasteiger partial charge >= 0.3 is 0 Å². The second kappa shape index (κ2) is 7.33. The van der Waals surface area contributed by atoms with Gasteiger partial charge in [-0.25, -0.2) is 13.1 Å². The van der Waals surface area contributed by atoms with E-state index in [-0.39, 0.29) is 23.3 Å². The molecule has 1 aromatic heterocycles. The number of hydrogen-bond acceptors (Lipinski definition) is 4. The van der Waals surface area contributed by atoms with Crippen molar-refractivity contribution in [2.75, 3.05) is 13.1 Å². The quantitative estimate of drug-likeness (QED) is 0.884. The minimum atomic E-state index is -3.56. The van der Waals surface area contributed by atoms with Gasteiger partial charge in [-0.05, 0) is 41.8 Å². The minimum absolute atomic E-state index is 0.0852. The molecule has 2 aromatic rings. The maximum Gasteiger partial charge on any atom is 0.240 e. The molecule has 0 radical (unpaired) electrons. The lowest BCUT2D eigenvalue weighted by molar-refractivity contribution is -0.127. The molecule has 132 valence electrons. The average molecular weight is 359 g/mol. The van der Waals surface area contributed by atoms with Gasteiger partial charge in [0.15, 0.2) is 0 Å². The zero-order valence-electron chi connectivity index (χ0n) is 14.1. The molecule has 6 nitrogen and oxygen atoms in total. The summed E-state index contributed by atoms with van der Waals surface area (Å²) in [4.78, 5) is 17.4. The largest absolute Gasteiger partial charge is 0.342 e. The Bertz CT molecular complexity index is 836. The number of benzene rings is 1. The monoisotopic (exact) mass is 359 g/mol. The first-order valence-corrected chi connectivity index (χ1v) is 9.68. The van der Waals surface area contributed by atoms with Crippen LogP contribution < -0.4 is 4.72 Å². The molecule has 0 saturated carbocycles. The number of nitrogens with one attached hydrogen (secondary N) is 1. The fourth-order valence-corrected chi connectivity index (χ4v) is 4.02. The highest BCUT2D eigenvalue weighted by atomic mass is 32.2. The van der Waals surface area contributed by atoms with Crippen LogP contribution in [0, 0.1) is 0 Å². The van der Waals surface area contributed by atoms with Gasteiger partial charge in [-0.2, -0.15) is 0 Å². The highest BCUT2D eigenvalue weighted by Crippen LogP contribution is 2.27. The van der Waals surface area contributed by atoms with Gasteiger partial charge in [-0.1, -0.05) is 12.1 Å². The van der Waals surface area contributed by atoms with Crippen LogP contribution in [0.5, 0.6) is 0 Å². The van der Waals surface area contributed by atoms with E-state index in [1.54, 1.807) is 43.6 Å². The van der Waals surface area contributed by atoms with Crippen molar-refractivity contribution in [3.05, 3.63) is 59.9 Å². The van der Waals surface area contributed by atoms with Crippen molar-refractivity contribution < 1.29 is 13.2 Å². The number of amides is 1. The molecule has 1 N–H and O–H groups in total. The van der Waals surface area contributed by atoms with Crippen LogP contribution in [0.25, 0.3) is 0 Å². The van der Waals surface area contributed by atoms with Crippen molar-refractivity contribution in [2.45, 2.75) is 30.7 Å². The Labute approximate surface area is 147 Å². The Balaban J connectivity index is 1.66. The molecular weight excluding hydrogens is 338 g/mol. The number of carbonyl (C=O) groups is 1. The van der Waals surface area contributed by atoms with Crippen molar-refractivity contribution >= 4 is 15.9 Å². The molecule has 1 aliphatic heterocycles. The molecule has 1 aromatic carbocycles. The molecule has 0 bridgehead atoms. The van der Waals surface area contributed by atoms with E-state index in [1.165, 1.54) is 0 Å². The van der Waals surface area contributed by atoms with Crippen LogP contribution in [-0.2, 0) is 21.4 Å². The molecule has 0 aliphatic carbocycles. The van der Waals surface area contributed by atoms with E-state index in [0.29, 0.717) is 6.54 Å². The van der Waals surface area contributed by atoms with Crippen LogP contribution in [0.1, 0.15) is 30.4 Å². The van der Waals surface area contributed by atoms with E-state index < -0.39 is 10.0 Å². The first-order valence-electron chi connectivity index (χ1n) is 8.20.